The Bertz CT molecular complexity index is 1710. The average molecular weight is 534 g/mol. The summed E-state index contributed by atoms with van der Waals surface area (Å²) in [6, 6.07) is 24.6. The summed E-state index contributed by atoms with van der Waals surface area (Å²) < 4.78 is 32.9. The van der Waals surface area contributed by atoms with Crippen LogP contribution in [0.5, 0.6) is 0 Å². The zero-order valence-corrected chi connectivity index (χ0v) is 21.4. The van der Waals surface area contributed by atoms with Crippen LogP contribution in [0.25, 0.3) is 5.52 Å². The summed E-state index contributed by atoms with van der Waals surface area (Å²) >= 11 is 2.39. The normalized spacial score (nSPS) is 12.2. The molecule has 0 atom stereocenters. The van der Waals surface area contributed by atoms with Crippen molar-refractivity contribution in [3.63, 3.8) is 0 Å². The van der Waals surface area contributed by atoms with E-state index in [9.17, 15) is 18.5 Å². The number of pyridine rings is 1. The summed E-state index contributed by atoms with van der Waals surface area (Å²) in [5, 5.41) is 13.3. The molecule has 0 amide bonds. The Labute approximate surface area is 216 Å². The Morgan fingerprint density at radius 3 is 2.42 bits per heavy atom. The highest BCUT2D eigenvalue weighted by atomic mass is 32.2. The number of nitro groups is 1. The van der Waals surface area contributed by atoms with Crippen LogP contribution in [-0.4, -0.2) is 23.5 Å². The van der Waals surface area contributed by atoms with Gasteiger partial charge >= 0.3 is 0 Å². The number of rotatable bonds is 7. The Kier molecular flexibility index (Phi) is 6.48. The van der Waals surface area contributed by atoms with E-state index in [-0.39, 0.29) is 9.90 Å². The van der Waals surface area contributed by atoms with Crippen molar-refractivity contribution in [1.29, 1.82) is 0 Å². The van der Waals surface area contributed by atoms with Gasteiger partial charge < -0.3 is 4.40 Å². The third kappa shape index (κ3) is 4.46. The average Bonchev–Trinajstić information content (AvgIpc) is 3.52. The first-order valence-electron chi connectivity index (χ1n) is 10.8. The molecule has 10 heteroatoms. The number of thiophene rings is 1. The molecule has 0 spiro atoms. The highest BCUT2D eigenvalue weighted by Crippen LogP contribution is 2.41. The van der Waals surface area contributed by atoms with Gasteiger partial charge in [-0.3, -0.25) is 10.1 Å². The van der Waals surface area contributed by atoms with Gasteiger partial charge in [-0.15, -0.1) is 11.3 Å². The molecule has 2 aromatic carbocycles. The molecule has 0 aliphatic heterocycles. The molecule has 7 nitrogen and oxygen atoms in total. The Morgan fingerprint density at radius 2 is 1.69 bits per heavy atom. The van der Waals surface area contributed by atoms with E-state index >= 15 is 0 Å². The molecule has 0 saturated heterocycles. The fourth-order valence-corrected chi connectivity index (χ4v) is 7.05. The summed E-state index contributed by atoms with van der Waals surface area (Å²) in [6.07, 6.45) is 1.84. The van der Waals surface area contributed by atoms with Crippen LogP contribution >= 0.6 is 23.1 Å². The van der Waals surface area contributed by atoms with E-state index in [1.165, 1.54) is 23.9 Å². The lowest BCUT2D eigenvalue weighted by atomic mass is 10.1. The highest BCUT2D eigenvalue weighted by Gasteiger charge is 2.25. The van der Waals surface area contributed by atoms with E-state index in [1.54, 1.807) is 29.6 Å². The minimum Gasteiger partial charge on any atom is -0.314 e. The zero-order valence-electron chi connectivity index (χ0n) is 18.9. The number of hydrogen-bond acceptors (Lipinski definition) is 6. The van der Waals surface area contributed by atoms with Crippen LogP contribution in [-0.2, 0) is 10.0 Å². The second kappa shape index (κ2) is 9.73. The van der Waals surface area contributed by atoms with E-state index in [1.807, 2.05) is 66.1 Å². The van der Waals surface area contributed by atoms with Gasteiger partial charge in [-0.25, -0.2) is 0 Å². The smallest absolute Gasteiger partial charge is 0.292 e. The standard InChI is InChI=1S/C26H19N3O4S3/c1-18-25(24(19-10-3-2-4-11-19)27-36(32,33)23-15-9-17-34-23)28-16-8-7-13-21(28)26(18)35-22-14-6-5-12-20(22)29(30)31/h2-17H,1H3. The highest BCUT2D eigenvalue weighted by molar-refractivity contribution is 7.99. The molecule has 0 N–H and O–H groups in total. The van der Waals surface area contributed by atoms with Crippen LogP contribution in [0.2, 0.25) is 0 Å². The van der Waals surface area contributed by atoms with Crippen LogP contribution in [0, 0.1) is 17.0 Å². The molecule has 180 valence electrons. The Morgan fingerprint density at radius 1 is 0.972 bits per heavy atom. The van der Waals surface area contributed by atoms with Crippen LogP contribution in [0.3, 0.4) is 0 Å². The summed E-state index contributed by atoms with van der Waals surface area (Å²) in [7, 11) is -3.97. The fraction of sp³-hybridized carbons (Fsp3) is 0.0385. The molecule has 0 fully saturated rings. The number of aromatic nitrogens is 1. The number of nitro benzene ring substituents is 1. The van der Waals surface area contributed by atoms with Gasteiger partial charge in [0.05, 0.1) is 21.0 Å². The first-order valence-corrected chi connectivity index (χ1v) is 14.0. The number of sulfonamides is 1. The van der Waals surface area contributed by atoms with Crippen molar-refractivity contribution < 1.29 is 13.3 Å². The summed E-state index contributed by atoms with van der Waals surface area (Å²) in [5.41, 5.74) is 3.14. The number of nitrogens with zero attached hydrogens (tertiary/aromatic N) is 3. The lowest BCUT2D eigenvalue weighted by Crippen LogP contribution is -2.11. The first kappa shape index (κ1) is 24.0. The van der Waals surface area contributed by atoms with E-state index < -0.39 is 14.9 Å². The maximum absolute atomic E-state index is 13.2. The minimum absolute atomic E-state index is 0.0101. The van der Waals surface area contributed by atoms with E-state index in [0.29, 0.717) is 21.9 Å². The molecule has 5 aromatic rings. The minimum atomic E-state index is -3.97. The quantitative estimate of drug-likeness (QED) is 0.134. The van der Waals surface area contributed by atoms with Gasteiger partial charge in [0.15, 0.2) is 0 Å². The fourth-order valence-electron chi connectivity index (χ4n) is 3.93. The topological polar surface area (TPSA) is 94.0 Å². The molecular weight excluding hydrogens is 515 g/mol. The number of hydrogen-bond donors (Lipinski definition) is 0. The molecule has 5 rings (SSSR count). The number of benzene rings is 2. The molecule has 0 unspecified atom stereocenters. The molecule has 0 radical (unpaired) electrons. The summed E-state index contributed by atoms with van der Waals surface area (Å²) in [5.74, 6) is 0. The molecule has 0 aliphatic carbocycles. The molecule has 0 bridgehead atoms. The number of fused-ring (bicyclic) bond motifs is 1. The van der Waals surface area contributed by atoms with Crippen molar-refractivity contribution >= 4 is 50.0 Å². The Hall–Kier alpha value is -3.73. The number of para-hydroxylation sites is 1. The van der Waals surface area contributed by atoms with Crippen molar-refractivity contribution in [1.82, 2.24) is 4.40 Å². The lowest BCUT2D eigenvalue weighted by Gasteiger charge is -2.10. The van der Waals surface area contributed by atoms with Crippen molar-refractivity contribution in [2.75, 3.05) is 0 Å². The zero-order chi connectivity index (χ0) is 25.3. The van der Waals surface area contributed by atoms with Crippen molar-refractivity contribution in [2.24, 2.45) is 4.40 Å². The van der Waals surface area contributed by atoms with Gasteiger partial charge in [0.2, 0.25) is 0 Å². The van der Waals surface area contributed by atoms with E-state index in [0.717, 1.165) is 27.3 Å². The van der Waals surface area contributed by atoms with Crippen LogP contribution in [0.15, 0.2) is 115 Å². The van der Waals surface area contributed by atoms with Crippen molar-refractivity contribution in [3.05, 3.63) is 123 Å². The maximum Gasteiger partial charge on any atom is 0.292 e. The SMILES string of the molecule is Cc1c(Sc2ccccc2[N+](=O)[O-])c2ccccn2c1C(=NS(=O)(=O)c1cccs1)c1ccccc1. The van der Waals surface area contributed by atoms with Crippen LogP contribution in [0.1, 0.15) is 16.8 Å². The van der Waals surface area contributed by atoms with Crippen LogP contribution in [0.4, 0.5) is 5.69 Å². The maximum atomic E-state index is 13.2. The largest absolute Gasteiger partial charge is 0.314 e. The van der Waals surface area contributed by atoms with E-state index in [4.69, 9.17) is 0 Å². The van der Waals surface area contributed by atoms with Gasteiger partial charge in [0.1, 0.15) is 9.92 Å². The van der Waals surface area contributed by atoms with Gasteiger partial charge in [-0.1, -0.05) is 66.4 Å². The molecule has 0 aliphatic rings. The van der Waals surface area contributed by atoms with Gasteiger partial charge in [0.25, 0.3) is 15.7 Å². The first-order chi connectivity index (χ1) is 17.4. The monoisotopic (exact) mass is 533 g/mol. The predicted molar refractivity (Wildman–Crippen MR) is 143 cm³/mol. The second-order valence-corrected chi connectivity index (χ2v) is 11.6. The third-order valence-corrected chi connectivity index (χ3v) is 9.47. The summed E-state index contributed by atoms with van der Waals surface area (Å²) in [6.45, 7) is 1.88. The molecular formula is C26H19N3O4S3. The Balaban J connectivity index is 1.77. The van der Waals surface area contributed by atoms with Gasteiger partial charge in [0, 0.05) is 22.7 Å². The second-order valence-electron chi connectivity index (χ2n) is 7.80. The van der Waals surface area contributed by atoms with Crippen molar-refractivity contribution in [3.8, 4) is 0 Å². The molecule has 36 heavy (non-hydrogen) atoms. The lowest BCUT2D eigenvalue weighted by molar-refractivity contribution is -0.387. The van der Waals surface area contributed by atoms with Crippen LogP contribution < -0.4 is 0 Å². The van der Waals surface area contributed by atoms with Gasteiger partial charge in [-0.05, 0) is 42.1 Å². The molecule has 3 heterocycles. The van der Waals surface area contributed by atoms with Crippen molar-refractivity contribution in [2.45, 2.75) is 20.9 Å². The molecule has 3 aromatic heterocycles. The van der Waals surface area contributed by atoms with E-state index in [2.05, 4.69) is 4.40 Å². The van der Waals surface area contributed by atoms with Gasteiger partial charge in [-0.2, -0.15) is 12.8 Å². The summed E-state index contributed by atoms with van der Waals surface area (Å²) in [4.78, 5) is 12.5. The molecule has 0 saturated carbocycles. The predicted octanol–water partition coefficient (Wildman–Crippen LogP) is 6.59. The third-order valence-electron chi connectivity index (χ3n) is 5.54.